The molecule has 3 nitrogen and oxygen atoms in total. The highest BCUT2D eigenvalue weighted by molar-refractivity contribution is 5.85. The molecular weight excluding hydrogens is 204 g/mol. The van der Waals surface area contributed by atoms with Gasteiger partial charge in [-0.3, -0.25) is 9.59 Å². The summed E-state index contributed by atoms with van der Waals surface area (Å²) in [4.78, 5) is 23.4. The van der Waals surface area contributed by atoms with Gasteiger partial charge in [0.15, 0.2) is 0 Å². The Morgan fingerprint density at radius 3 is 2.00 bits per heavy atom. The number of Topliss-reactive ketones (excluding diaryl/α,β-unsaturated/α-hetero) is 1. The van der Waals surface area contributed by atoms with E-state index in [4.69, 9.17) is 4.74 Å². The molecule has 1 saturated carbocycles. The van der Waals surface area contributed by atoms with Crippen LogP contribution in [-0.2, 0) is 14.3 Å². The highest BCUT2D eigenvalue weighted by Crippen LogP contribution is 2.32. The Morgan fingerprint density at radius 1 is 1.06 bits per heavy atom. The molecule has 0 saturated heterocycles. The van der Waals surface area contributed by atoms with Gasteiger partial charge in [-0.15, -0.1) is 0 Å². The number of rotatable bonds is 2. The van der Waals surface area contributed by atoms with Crippen LogP contribution in [-0.4, -0.2) is 17.4 Å². The average molecular weight is 226 g/mol. The Bertz CT molecular complexity index is 275. The highest BCUT2D eigenvalue weighted by atomic mass is 16.6. The summed E-state index contributed by atoms with van der Waals surface area (Å²) in [5.74, 6) is -0.419. The number of esters is 1. The van der Waals surface area contributed by atoms with Crippen LogP contribution in [0.1, 0.15) is 53.4 Å². The molecule has 0 radical (unpaired) electrons. The third-order valence-corrected chi connectivity index (χ3v) is 3.00. The predicted molar refractivity (Wildman–Crippen MR) is 62.0 cm³/mol. The molecule has 1 rings (SSSR count). The van der Waals surface area contributed by atoms with E-state index in [0.717, 1.165) is 25.7 Å². The van der Waals surface area contributed by atoms with Crippen LogP contribution in [0.2, 0.25) is 0 Å². The normalized spacial score (nSPS) is 26.2. The van der Waals surface area contributed by atoms with Crippen molar-refractivity contribution in [3.8, 4) is 0 Å². The second kappa shape index (κ2) is 4.98. The molecule has 2 atom stereocenters. The third kappa shape index (κ3) is 3.62. The van der Waals surface area contributed by atoms with Crippen molar-refractivity contribution in [2.24, 2.45) is 11.8 Å². The van der Waals surface area contributed by atoms with Crippen LogP contribution in [0.3, 0.4) is 0 Å². The lowest BCUT2D eigenvalue weighted by Crippen LogP contribution is -2.36. The van der Waals surface area contributed by atoms with Gasteiger partial charge >= 0.3 is 5.97 Å². The van der Waals surface area contributed by atoms with E-state index in [2.05, 4.69) is 0 Å². The van der Waals surface area contributed by atoms with Gasteiger partial charge in [0.1, 0.15) is 11.4 Å². The second-order valence-corrected chi connectivity index (χ2v) is 5.64. The lowest BCUT2D eigenvalue weighted by Gasteiger charge is -2.30. The lowest BCUT2D eigenvalue weighted by molar-refractivity contribution is -0.164. The minimum Gasteiger partial charge on any atom is -0.460 e. The SMILES string of the molecule is CC(=O)C1CCCCC1C(=O)OC(C)(C)C. The largest absolute Gasteiger partial charge is 0.460 e. The summed E-state index contributed by atoms with van der Waals surface area (Å²) in [6.07, 6.45) is 3.69. The van der Waals surface area contributed by atoms with Crippen molar-refractivity contribution in [1.29, 1.82) is 0 Å². The zero-order chi connectivity index (χ0) is 12.3. The molecule has 0 heterocycles. The van der Waals surface area contributed by atoms with Crippen molar-refractivity contribution >= 4 is 11.8 Å². The van der Waals surface area contributed by atoms with Crippen LogP contribution in [0.4, 0.5) is 0 Å². The molecule has 0 aromatic carbocycles. The molecule has 0 aromatic heterocycles. The zero-order valence-corrected chi connectivity index (χ0v) is 10.7. The molecule has 1 aliphatic rings. The first-order valence-electron chi connectivity index (χ1n) is 6.04. The molecule has 16 heavy (non-hydrogen) atoms. The number of ether oxygens (including phenoxy) is 1. The monoisotopic (exact) mass is 226 g/mol. The number of hydrogen-bond acceptors (Lipinski definition) is 3. The van der Waals surface area contributed by atoms with Gasteiger partial charge in [0, 0.05) is 5.92 Å². The van der Waals surface area contributed by atoms with Crippen LogP contribution >= 0.6 is 0 Å². The molecular formula is C13H22O3. The van der Waals surface area contributed by atoms with E-state index in [9.17, 15) is 9.59 Å². The molecule has 2 unspecified atom stereocenters. The number of carbonyl (C=O) groups excluding carboxylic acids is 2. The maximum absolute atomic E-state index is 12.0. The fourth-order valence-corrected chi connectivity index (χ4v) is 2.28. The topological polar surface area (TPSA) is 43.4 Å². The summed E-state index contributed by atoms with van der Waals surface area (Å²) in [5.41, 5.74) is -0.462. The highest BCUT2D eigenvalue weighted by Gasteiger charge is 2.36. The fraction of sp³-hybridized carbons (Fsp3) is 0.846. The van der Waals surface area contributed by atoms with Crippen molar-refractivity contribution in [3.63, 3.8) is 0 Å². The van der Waals surface area contributed by atoms with E-state index in [-0.39, 0.29) is 23.6 Å². The molecule has 0 bridgehead atoms. The molecule has 0 aliphatic heterocycles. The molecule has 92 valence electrons. The number of ketones is 1. The second-order valence-electron chi connectivity index (χ2n) is 5.64. The zero-order valence-electron chi connectivity index (χ0n) is 10.7. The fourth-order valence-electron chi connectivity index (χ4n) is 2.28. The van der Waals surface area contributed by atoms with Crippen molar-refractivity contribution in [3.05, 3.63) is 0 Å². The van der Waals surface area contributed by atoms with Crippen LogP contribution in [0.5, 0.6) is 0 Å². The minimum atomic E-state index is -0.462. The first kappa shape index (κ1) is 13.2. The Balaban J connectivity index is 2.68. The van der Waals surface area contributed by atoms with Crippen molar-refractivity contribution < 1.29 is 14.3 Å². The van der Waals surface area contributed by atoms with Crippen molar-refractivity contribution in [1.82, 2.24) is 0 Å². The summed E-state index contributed by atoms with van der Waals surface area (Å²) in [6, 6.07) is 0. The van der Waals surface area contributed by atoms with Crippen molar-refractivity contribution in [2.75, 3.05) is 0 Å². The van der Waals surface area contributed by atoms with Gasteiger partial charge in [-0.1, -0.05) is 12.8 Å². The standard InChI is InChI=1S/C13H22O3/c1-9(14)10-7-5-6-8-11(10)12(15)16-13(2,3)4/h10-11H,5-8H2,1-4H3. The smallest absolute Gasteiger partial charge is 0.310 e. The Kier molecular flexibility index (Phi) is 4.11. The lowest BCUT2D eigenvalue weighted by atomic mass is 9.77. The molecule has 3 heteroatoms. The first-order valence-corrected chi connectivity index (χ1v) is 6.04. The molecule has 0 spiro atoms. The summed E-state index contributed by atoms with van der Waals surface area (Å²) in [5, 5.41) is 0. The van der Waals surface area contributed by atoms with Crippen LogP contribution in [0.25, 0.3) is 0 Å². The molecule has 0 N–H and O–H groups in total. The number of hydrogen-bond donors (Lipinski definition) is 0. The average Bonchev–Trinajstić information content (AvgIpc) is 2.15. The summed E-state index contributed by atoms with van der Waals surface area (Å²) in [6.45, 7) is 7.15. The molecule has 1 aliphatic carbocycles. The van der Waals surface area contributed by atoms with Crippen LogP contribution < -0.4 is 0 Å². The quantitative estimate of drug-likeness (QED) is 0.680. The maximum atomic E-state index is 12.0. The van der Waals surface area contributed by atoms with Crippen molar-refractivity contribution in [2.45, 2.75) is 59.0 Å². The third-order valence-electron chi connectivity index (χ3n) is 3.00. The van der Waals surface area contributed by atoms with Gasteiger partial charge in [-0.05, 0) is 40.5 Å². The van der Waals surface area contributed by atoms with Gasteiger partial charge < -0.3 is 4.74 Å². The van der Waals surface area contributed by atoms with Gasteiger partial charge in [0.05, 0.1) is 5.92 Å². The minimum absolute atomic E-state index is 0.121. The maximum Gasteiger partial charge on any atom is 0.310 e. The van der Waals surface area contributed by atoms with Gasteiger partial charge in [0.25, 0.3) is 0 Å². The molecule has 0 aromatic rings. The van der Waals surface area contributed by atoms with Crippen LogP contribution in [0.15, 0.2) is 0 Å². The van der Waals surface area contributed by atoms with Gasteiger partial charge in [-0.25, -0.2) is 0 Å². The Morgan fingerprint density at radius 2 is 1.56 bits per heavy atom. The van der Waals surface area contributed by atoms with E-state index in [1.807, 2.05) is 20.8 Å². The number of carbonyl (C=O) groups is 2. The first-order chi connectivity index (χ1) is 7.31. The Hall–Kier alpha value is -0.860. The summed E-state index contributed by atoms with van der Waals surface area (Å²) in [7, 11) is 0. The van der Waals surface area contributed by atoms with Gasteiger partial charge in [-0.2, -0.15) is 0 Å². The predicted octanol–water partition coefficient (Wildman–Crippen LogP) is 2.72. The van der Waals surface area contributed by atoms with E-state index >= 15 is 0 Å². The van der Waals surface area contributed by atoms with E-state index in [1.165, 1.54) is 0 Å². The van der Waals surface area contributed by atoms with Crippen LogP contribution in [0, 0.1) is 11.8 Å². The Labute approximate surface area is 97.5 Å². The van der Waals surface area contributed by atoms with E-state index in [1.54, 1.807) is 6.92 Å². The summed E-state index contributed by atoms with van der Waals surface area (Å²) >= 11 is 0. The van der Waals surface area contributed by atoms with E-state index < -0.39 is 5.60 Å². The molecule has 1 fully saturated rings. The van der Waals surface area contributed by atoms with E-state index in [0.29, 0.717) is 0 Å². The molecule has 0 amide bonds. The van der Waals surface area contributed by atoms with Gasteiger partial charge in [0.2, 0.25) is 0 Å². The summed E-state index contributed by atoms with van der Waals surface area (Å²) < 4.78 is 5.37.